The summed E-state index contributed by atoms with van der Waals surface area (Å²) in [6, 6.07) is 8.66. The number of imidazole rings is 1. The van der Waals surface area contributed by atoms with E-state index in [0.717, 1.165) is 31.8 Å². The number of para-hydroxylation sites is 1. The molecule has 0 saturated carbocycles. The Morgan fingerprint density at radius 2 is 2.05 bits per heavy atom. The molecule has 0 aliphatic heterocycles. The zero-order valence-corrected chi connectivity index (χ0v) is 12.7. The van der Waals surface area contributed by atoms with E-state index in [4.69, 9.17) is 0 Å². The molecule has 0 spiro atoms. The number of rotatable bonds is 6. The number of benzene rings is 1. The Balaban J connectivity index is 1.86. The van der Waals surface area contributed by atoms with E-state index in [-0.39, 0.29) is 0 Å². The first-order valence-electron chi connectivity index (χ1n) is 7.47. The molecule has 0 amide bonds. The van der Waals surface area contributed by atoms with Crippen molar-refractivity contribution in [3.63, 3.8) is 0 Å². The van der Waals surface area contributed by atoms with E-state index in [1.165, 1.54) is 16.5 Å². The molecule has 110 valence electrons. The van der Waals surface area contributed by atoms with Gasteiger partial charge in [-0.1, -0.05) is 18.2 Å². The summed E-state index contributed by atoms with van der Waals surface area (Å²) in [7, 11) is 4.05. The number of hydrogen-bond donors (Lipinski definition) is 1. The van der Waals surface area contributed by atoms with Crippen LogP contribution in [0.2, 0.25) is 0 Å². The smallest absolute Gasteiger partial charge is 0.110 e. The summed E-state index contributed by atoms with van der Waals surface area (Å²) in [5.74, 6) is 1.13. The van der Waals surface area contributed by atoms with Gasteiger partial charge in [0.25, 0.3) is 0 Å². The fourth-order valence-corrected chi connectivity index (χ4v) is 2.82. The van der Waals surface area contributed by atoms with E-state index in [1.54, 1.807) is 0 Å². The van der Waals surface area contributed by atoms with Gasteiger partial charge in [-0.05, 0) is 31.6 Å². The first kappa shape index (κ1) is 13.9. The van der Waals surface area contributed by atoms with Crippen molar-refractivity contribution in [1.29, 1.82) is 0 Å². The molecule has 0 aliphatic rings. The summed E-state index contributed by atoms with van der Waals surface area (Å²) < 4.78 is 4.45. The molecular weight excluding hydrogens is 260 g/mol. The van der Waals surface area contributed by atoms with Gasteiger partial charge in [-0.3, -0.25) is 0 Å². The number of aromatic nitrogens is 3. The average Bonchev–Trinajstić information content (AvgIpc) is 3.07. The predicted octanol–water partition coefficient (Wildman–Crippen LogP) is 2.38. The highest BCUT2D eigenvalue weighted by Crippen LogP contribution is 2.22. The third-order valence-corrected chi connectivity index (χ3v) is 4.01. The van der Waals surface area contributed by atoms with Gasteiger partial charge in [-0.25, -0.2) is 4.98 Å². The van der Waals surface area contributed by atoms with Gasteiger partial charge in [0.05, 0.1) is 0 Å². The highest BCUT2D eigenvalue weighted by Gasteiger charge is 2.08. The number of likely N-dealkylation sites (N-methyl/N-ethyl adjacent to an activating group) is 1. The molecule has 3 aromatic rings. The Kier molecular flexibility index (Phi) is 4.06. The average molecular weight is 282 g/mol. The van der Waals surface area contributed by atoms with Gasteiger partial charge in [0.1, 0.15) is 5.82 Å². The second-order valence-corrected chi connectivity index (χ2v) is 5.42. The molecular formula is C17H22N4. The number of fused-ring (bicyclic) bond motifs is 1. The number of nitrogens with one attached hydrogen (secondary N) is 1. The molecule has 3 rings (SSSR count). The summed E-state index contributed by atoms with van der Waals surface area (Å²) in [6.07, 6.45) is 8.17. The predicted molar refractivity (Wildman–Crippen MR) is 86.5 cm³/mol. The minimum atomic E-state index is 0.952. The minimum absolute atomic E-state index is 0.952. The summed E-state index contributed by atoms with van der Waals surface area (Å²) in [4.78, 5) is 4.41. The monoisotopic (exact) mass is 282 g/mol. The van der Waals surface area contributed by atoms with Gasteiger partial charge >= 0.3 is 0 Å². The normalized spacial score (nSPS) is 11.3. The van der Waals surface area contributed by atoms with Crippen LogP contribution < -0.4 is 5.32 Å². The zero-order chi connectivity index (χ0) is 14.7. The SMILES string of the molecule is CNCCc1cn(CCc2nccn2C)c2ccccc12. The quantitative estimate of drug-likeness (QED) is 0.753. The molecule has 1 N–H and O–H groups in total. The third-order valence-electron chi connectivity index (χ3n) is 4.01. The molecule has 0 radical (unpaired) electrons. The lowest BCUT2D eigenvalue weighted by Crippen LogP contribution is -2.10. The van der Waals surface area contributed by atoms with Gasteiger partial charge < -0.3 is 14.5 Å². The Morgan fingerprint density at radius 3 is 2.81 bits per heavy atom. The van der Waals surface area contributed by atoms with Gasteiger partial charge in [-0.2, -0.15) is 0 Å². The van der Waals surface area contributed by atoms with Gasteiger partial charge in [0, 0.05) is 49.5 Å². The highest BCUT2D eigenvalue weighted by atomic mass is 15.0. The van der Waals surface area contributed by atoms with Crippen LogP contribution in [0.15, 0.2) is 42.9 Å². The second-order valence-electron chi connectivity index (χ2n) is 5.42. The van der Waals surface area contributed by atoms with Crippen molar-refractivity contribution in [2.45, 2.75) is 19.4 Å². The first-order chi connectivity index (χ1) is 10.3. The third kappa shape index (κ3) is 2.85. The summed E-state index contributed by atoms with van der Waals surface area (Å²) in [5.41, 5.74) is 2.73. The Hall–Kier alpha value is -2.07. The van der Waals surface area contributed by atoms with E-state index in [1.807, 2.05) is 19.4 Å². The second kappa shape index (κ2) is 6.14. The van der Waals surface area contributed by atoms with Crippen molar-refractivity contribution in [2.75, 3.05) is 13.6 Å². The van der Waals surface area contributed by atoms with Gasteiger partial charge in [0.2, 0.25) is 0 Å². The van der Waals surface area contributed by atoms with Crippen molar-refractivity contribution in [3.05, 3.63) is 54.2 Å². The van der Waals surface area contributed by atoms with Crippen molar-refractivity contribution >= 4 is 10.9 Å². The lowest BCUT2D eigenvalue weighted by molar-refractivity contribution is 0.665. The van der Waals surface area contributed by atoms with Crippen molar-refractivity contribution < 1.29 is 0 Å². The van der Waals surface area contributed by atoms with Crippen molar-refractivity contribution in [3.8, 4) is 0 Å². The molecule has 0 saturated heterocycles. The molecule has 2 aromatic heterocycles. The zero-order valence-electron chi connectivity index (χ0n) is 12.7. The van der Waals surface area contributed by atoms with E-state index in [2.05, 4.69) is 56.9 Å². The molecule has 0 unspecified atom stereocenters. The van der Waals surface area contributed by atoms with E-state index in [9.17, 15) is 0 Å². The lowest BCUT2D eigenvalue weighted by Gasteiger charge is -2.05. The molecule has 4 nitrogen and oxygen atoms in total. The Labute approximate surface area is 125 Å². The Bertz CT molecular complexity index is 723. The van der Waals surface area contributed by atoms with Crippen LogP contribution in [0.25, 0.3) is 10.9 Å². The fourth-order valence-electron chi connectivity index (χ4n) is 2.82. The maximum Gasteiger partial charge on any atom is 0.110 e. The summed E-state index contributed by atoms with van der Waals surface area (Å²) in [5, 5.41) is 4.60. The van der Waals surface area contributed by atoms with Crippen LogP contribution in [-0.4, -0.2) is 27.7 Å². The number of nitrogens with zero attached hydrogens (tertiary/aromatic N) is 3. The minimum Gasteiger partial charge on any atom is -0.347 e. The van der Waals surface area contributed by atoms with Gasteiger partial charge in [-0.15, -0.1) is 0 Å². The highest BCUT2D eigenvalue weighted by molar-refractivity contribution is 5.84. The fraction of sp³-hybridized carbons (Fsp3) is 0.353. The van der Waals surface area contributed by atoms with Crippen molar-refractivity contribution in [2.24, 2.45) is 7.05 Å². The molecule has 4 heteroatoms. The van der Waals surface area contributed by atoms with E-state index in [0.29, 0.717) is 0 Å². The van der Waals surface area contributed by atoms with Crippen LogP contribution in [0.1, 0.15) is 11.4 Å². The van der Waals surface area contributed by atoms with Crippen LogP contribution in [0.3, 0.4) is 0 Å². The number of hydrogen-bond acceptors (Lipinski definition) is 2. The molecule has 1 aromatic carbocycles. The summed E-state index contributed by atoms with van der Waals surface area (Å²) in [6.45, 7) is 1.97. The lowest BCUT2D eigenvalue weighted by atomic mass is 10.1. The largest absolute Gasteiger partial charge is 0.347 e. The molecule has 0 fully saturated rings. The maximum atomic E-state index is 4.41. The van der Waals surface area contributed by atoms with E-state index < -0.39 is 0 Å². The summed E-state index contributed by atoms with van der Waals surface area (Å²) >= 11 is 0. The van der Waals surface area contributed by atoms with Gasteiger partial charge in [0.15, 0.2) is 0 Å². The standard InChI is InChI=1S/C17H22N4/c1-18-9-7-14-13-21(16-6-4-3-5-15(14)16)11-8-17-19-10-12-20(17)2/h3-6,10,12-13,18H,7-9,11H2,1-2H3. The topological polar surface area (TPSA) is 34.8 Å². The maximum absolute atomic E-state index is 4.41. The molecule has 21 heavy (non-hydrogen) atoms. The molecule has 0 bridgehead atoms. The van der Waals surface area contributed by atoms with Crippen LogP contribution >= 0.6 is 0 Å². The molecule has 2 heterocycles. The van der Waals surface area contributed by atoms with Crippen LogP contribution in [0.4, 0.5) is 0 Å². The van der Waals surface area contributed by atoms with Crippen LogP contribution in [0, 0.1) is 0 Å². The van der Waals surface area contributed by atoms with Crippen molar-refractivity contribution in [1.82, 2.24) is 19.4 Å². The Morgan fingerprint density at radius 1 is 1.19 bits per heavy atom. The first-order valence-corrected chi connectivity index (χ1v) is 7.47. The molecule has 0 atom stereocenters. The molecule has 0 aliphatic carbocycles. The van der Waals surface area contributed by atoms with Crippen LogP contribution in [0.5, 0.6) is 0 Å². The van der Waals surface area contributed by atoms with E-state index >= 15 is 0 Å². The number of aryl methyl sites for hydroxylation is 3. The van der Waals surface area contributed by atoms with Crippen LogP contribution in [-0.2, 0) is 26.4 Å².